The molecule has 29 heavy (non-hydrogen) atoms. The highest BCUT2D eigenvalue weighted by Gasteiger charge is 2.26. The summed E-state index contributed by atoms with van der Waals surface area (Å²) in [5, 5.41) is 3.53. The van der Waals surface area contributed by atoms with E-state index in [2.05, 4.69) is 40.9 Å². The van der Waals surface area contributed by atoms with Gasteiger partial charge in [0.25, 0.3) is 0 Å². The summed E-state index contributed by atoms with van der Waals surface area (Å²) in [5.74, 6) is 5.22. The lowest BCUT2D eigenvalue weighted by molar-refractivity contribution is 0.166. The Morgan fingerprint density at radius 3 is 2.52 bits per heavy atom. The third kappa shape index (κ3) is 6.46. The van der Waals surface area contributed by atoms with Crippen molar-refractivity contribution in [3.8, 4) is 0 Å². The number of rotatable bonds is 7. The molecule has 3 rings (SSSR count). The molecule has 0 spiro atoms. The average molecular weight is 404 g/mol. The number of nitrogens with one attached hydrogen (secondary N) is 1. The first-order chi connectivity index (χ1) is 13.9. The van der Waals surface area contributed by atoms with Gasteiger partial charge in [0.1, 0.15) is 5.76 Å². The molecule has 1 aromatic rings. The van der Waals surface area contributed by atoms with E-state index in [0.717, 1.165) is 81.0 Å². The molecular formula is C23H41N5O. The zero-order valence-corrected chi connectivity index (χ0v) is 19.2. The lowest BCUT2D eigenvalue weighted by atomic mass is 9.97. The molecule has 0 saturated carbocycles. The van der Waals surface area contributed by atoms with Crippen LogP contribution in [0.2, 0.25) is 0 Å². The van der Waals surface area contributed by atoms with Gasteiger partial charge in [-0.25, -0.2) is 4.98 Å². The Bertz CT molecular complexity index is 641. The standard InChI is InChI=1S/C23H41N5O/c1-6-24-23(28-12-9-21(15-28)13-17(2)3)25-14-20-7-10-27(11-8-20)16-22-26-18(4)19(5)29-22/h17,20-21H,6-16H2,1-5H3,(H,24,25). The van der Waals surface area contributed by atoms with Crippen molar-refractivity contribution in [2.45, 2.75) is 66.8 Å². The van der Waals surface area contributed by atoms with Crippen molar-refractivity contribution in [1.29, 1.82) is 0 Å². The normalized spacial score (nSPS) is 22.1. The number of piperidine rings is 1. The Labute approximate surface area is 177 Å². The van der Waals surface area contributed by atoms with Crippen molar-refractivity contribution in [3.05, 3.63) is 17.3 Å². The van der Waals surface area contributed by atoms with Gasteiger partial charge in [-0.05, 0) is 77.3 Å². The first-order valence-electron chi connectivity index (χ1n) is 11.6. The predicted molar refractivity (Wildman–Crippen MR) is 119 cm³/mol. The Kier molecular flexibility index (Phi) is 7.99. The molecule has 1 aromatic heterocycles. The summed E-state index contributed by atoms with van der Waals surface area (Å²) in [6, 6.07) is 0. The summed E-state index contributed by atoms with van der Waals surface area (Å²) in [5.41, 5.74) is 1.01. The molecule has 1 N–H and O–H groups in total. The fraction of sp³-hybridized carbons (Fsp3) is 0.826. The summed E-state index contributed by atoms with van der Waals surface area (Å²) in [4.78, 5) is 14.5. The number of oxazole rings is 1. The molecule has 0 aromatic carbocycles. The number of nitrogens with zero attached hydrogens (tertiary/aromatic N) is 4. The molecule has 0 aliphatic carbocycles. The molecule has 0 amide bonds. The molecule has 0 radical (unpaired) electrons. The average Bonchev–Trinajstić information content (AvgIpc) is 3.25. The van der Waals surface area contributed by atoms with Crippen molar-refractivity contribution in [2.75, 3.05) is 39.3 Å². The number of hydrogen-bond acceptors (Lipinski definition) is 4. The van der Waals surface area contributed by atoms with Gasteiger partial charge in [-0.2, -0.15) is 0 Å². The van der Waals surface area contributed by atoms with E-state index in [0.29, 0.717) is 5.92 Å². The Hall–Kier alpha value is -1.56. The lowest BCUT2D eigenvalue weighted by Crippen LogP contribution is -2.41. The fourth-order valence-electron chi connectivity index (χ4n) is 4.65. The Morgan fingerprint density at radius 1 is 1.17 bits per heavy atom. The first kappa shape index (κ1) is 22.1. The second-order valence-electron chi connectivity index (χ2n) is 9.39. The molecule has 3 heterocycles. The molecule has 2 fully saturated rings. The third-order valence-corrected chi connectivity index (χ3v) is 6.36. The van der Waals surface area contributed by atoms with Crippen LogP contribution in [0, 0.1) is 31.6 Å². The maximum atomic E-state index is 5.75. The van der Waals surface area contributed by atoms with E-state index in [9.17, 15) is 0 Å². The Balaban J connectivity index is 1.46. The number of aliphatic imine (C=N–C) groups is 1. The summed E-state index contributed by atoms with van der Waals surface area (Å²) in [6.07, 6.45) is 5.05. The minimum Gasteiger partial charge on any atom is -0.444 e. The topological polar surface area (TPSA) is 56.9 Å². The highest BCUT2D eigenvalue weighted by Crippen LogP contribution is 2.24. The maximum absolute atomic E-state index is 5.75. The van der Waals surface area contributed by atoms with E-state index >= 15 is 0 Å². The van der Waals surface area contributed by atoms with E-state index in [-0.39, 0.29) is 0 Å². The Morgan fingerprint density at radius 2 is 1.90 bits per heavy atom. The van der Waals surface area contributed by atoms with Gasteiger partial charge in [0, 0.05) is 26.2 Å². The first-order valence-corrected chi connectivity index (χ1v) is 11.6. The molecule has 2 aliphatic heterocycles. The maximum Gasteiger partial charge on any atom is 0.208 e. The molecule has 2 aliphatic rings. The smallest absolute Gasteiger partial charge is 0.208 e. The van der Waals surface area contributed by atoms with Gasteiger partial charge >= 0.3 is 0 Å². The highest BCUT2D eigenvalue weighted by molar-refractivity contribution is 5.80. The van der Waals surface area contributed by atoms with Crippen LogP contribution in [-0.2, 0) is 6.54 Å². The van der Waals surface area contributed by atoms with E-state index in [1.54, 1.807) is 0 Å². The minimum absolute atomic E-state index is 0.682. The van der Waals surface area contributed by atoms with Crippen molar-refractivity contribution in [3.63, 3.8) is 0 Å². The molecule has 1 unspecified atom stereocenters. The third-order valence-electron chi connectivity index (χ3n) is 6.36. The van der Waals surface area contributed by atoms with Crippen LogP contribution >= 0.6 is 0 Å². The van der Waals surface area contributed by atoms with Crippen LogP contribution in [0.1, 0.15) is 63.8 Å². The molecule has 164 valence electrons. The monoisotopic (exact) mass is 403 g/mol. The van der Waals surface area contributed by atoms with Gasteiger partial charge in [-0.15, -0.1) is 0 Å². The van der Waals surface area contributed by atoms with Gasteiger partial charge in [0.15, 0.2) is 5.96 Å². The quantitative estimate of drug-likeness (QED) is 0.554. The zero-order chi connectivity index (χ0) is 20.8. The van der Waals surface area contributed by atoms with E-state index < -0.39 is 0 Å². The van der Waals surface area contributed by atoms with Gasteiger partial charge in [-0.1, -0.05) is 13.8 Å². The number of aromatic nitrogens is 1. The molecule has 1 atom stereocenters. The van der Waals surface area contributed by atoms with Crippen molar-refractivity contribution in [2.24, 2.45) is 22.7 Å². The number of likely N-dealkylation sites (tertiary alicyclic amines) is 2. The molecule has 0 bridgehead atoms. The van der Waals surface area contributed by atoms with Crippen molar-refractivity contribution < 1.29 is 4.42 Å². The van der Waals surface area contributed by atoms with E-state index in [1.807, 2.05) is 13.8 Å². The van der Waals surface area contributed by atoms with Crippen molar-refractivity contribution >= 4 is 5.96 Å². The van der Waals surface area contributed by atoms with Crippen LogP contribution in [0.3, 0.4) is 0 Å². The molecule has 2 saturated heterocycles. The van der Waals surface area contributed by atoms with Crippen LogP contribution in [-0.4, -0.2) is 60.0 Å². The predicted octanol–water partition coefficient (Wildman–Crippen LogP) is 3.84. The fourth-order valence-corrected chi connectivity index (χ4v) is 4.65. The van der Waals surface area contributed by atoms with Crippen LogP contribution in [0.25, 0.3) is 0 Å². The number of guanidine groups is 1. The van der Waals surface area contributed by atoms with Crippen LogP contribution in [0.4, 0.5) is 0 Å². The second kappa shape index (κ2) is 10.5. The van der Waals surface area contributed by atoms with Crippen LogP contribution in [0.15, 0.2) is 9.41 Å². The summed E-state index contributed by atoms with van der Waals surface area (Å²) < 4.78 is 5.75. The SMILES string of the molecule is CCNC(=NCC1CCN(Cc2nc(C)c(C)o2)CC1)N1CCC(CC(C)C)C1. The van der Waals surface area contributed by atoms with E-state index in [4.69, 9.17) is 9.41 Å². The lowest BCUT2D eigenvalue weighted by Gasteiger charge is -2.30. The highest BCUT2D eigenvalue weighted by atomic mass is 16.4. The van der Waals surface area contributed by atoms with Gasteiger partial charge in [0.2, 0.25) is 5.89 Å². The van der Waals surface area contributed by atoms with Crippen LogP contribution < -0.4 is 5.32 Å². The van der Waals surface area contributed by atoms with Gasteiger partial charge in [0.05, 0.1) is 12.2 Å². The molecule has 6 nitrogen and oxygen atoms in total. The number of aryl methyl sites for hydroxylation is 2. The van der Waals surface area contributed by atoms with Gasteiger partial charge in [-0.3, -0.25) is 9.89 Å². The number of hydrogen-bond donors (Lipinski definition) is 1. The summed E-state index contributed by atoms with van der Waals surface area (Å²) in [6.45, 7) is 18.1. The zero-order valence-electron chi connectivity index (χ0n) is 19.2. The van der Waals surface area contributed by atoms with Gasteiger partial charge < -0.3 is 14.6 Å². The summed E-state index contributed by atoms with van der Waals surface area (Å²) >= 11 is 0. The molecule has 6 heteroatoms. The van der Waals surface area contributed by atoms with E-state index in [1.165, 1.54) is 25.7 Å². The second-order valence-corrected chi connectivity index (χ2v) is 9.39. The molecular weight excluding hydrogens is 362 g/mol. The van der Waals surface area contributed by atoms with Crippen LogP contribution in [0.5, 0.6) is 0 Å². The largest absolute Gasteiger partial charge is 0.444 e. The summed E-state index contributed by atoms with van der Waals surface area (Å²) in [7, 11) is 0. The minimum atomic E-state index is 0.682. The van der Waals surface area contributed by atoms with Crippen molar-refractivity contribution in [1.82, 2.24) is 20.1 Å².